The van der Waals surface area contributed by atoms with Crippen molar-refractivity contribution in [1.82, 2.24) is 4.98 Å². The number of nitrogens with zero attached hydrogens (tertiary/aromatic N) is 1. The van der Waals surface area contributed by atoms with Gasteiger partial charge in [-0.25, -0.2) is 0 Å². The third kappa shape index (κ3) is 3.25. The van der Waals surface area contributed by atoms with Crippen LogP contribution in [0.1, 0.15) is 21.5 Å². The second-order valence-corrected chi connectivity index (χ2v) is 6.71. The third-order valence-corrected chi connectivity index (χ3v) is 5.45. The van der Waals surface area contributed by atoms with Gasteiger partial charge in [-0.05, 0) is 58.7 Å². The number of rotatable bonds is 3. The lowest BCUT2D eigenvalue weighted by atomic mass is 10.0. The molecule has 1 aromatic heterocycles. The predicted molar refractivity (Wildman–Crippen MR) is 88.5 cm³/mol. The average Bonchev–Trinajstić information content (AvgIpc) is 2.35. The maximum Gasteiger partial charge on any atom is 0.0621 e. The molecule has 4 heteroatoms. The first-order chi connectivity index (χ1) is 8.59. The Hall–Kier alpha value is -0.130. The lowest BCUT2D eigenvalue weighted by Gasteiger charge is -2.14. The van der Waals surface area contributed by atoms with Gasteiger partial charge in [0.2, 0.25) is 0 Å². The maximum absolute atomic E-state index is 6.14. The smallest absolute Gasteiger partial charge is 0.0621 e. The van der Waals surface area contributed by atoms with Crippen molar-refractivity contribution in [2.24, 2.45) is 0 Å². The zero-order chi connectivity index (χ0) is 13.1. The number of alkyl halides is 1. The second kappa shape index (κ2) is 6.35. The standard InChI is InChI=1S/C14H12BrClIN/c1-9-3-2-4-11(14(9)17)12(15)7-10-5-6-18-8-13(10)16/h2-6,8,12H,7H2,1H3. The van der Waals surface area contributed by atoms with E-state index < -0.39 is 0 Å². The van der Waals surface area contributed by atoms with Crippen LogP contribution in [0, 0.1) is 10.5 Å². The van der Waals surface area contributed by atoms with E-state index in [0.717, 1.165) is 17.0 Å². The van der Waals surface area contributed by atoms with Gasteiger partial charge >= 0.3 is 0 Å². The van der Waals surface area contributed by atoms with E-state index in [9.17, 15) is 0 Å². The summed E-state index contributed by atoms with van der Waals surface area (Å²) >= 11 is 12.3. The Morgan fingerprint density at radius 1 is 1.39 bits per heavy atom. The van der Waals surface area contributed by atoms with Crippen LogP contribution < -0.4 is 0 Å². The largest absolute Gasteiger partial charge is 0.263 e. The number of hydrogen-bond donors (Lipinski definition) is 0. The zero-order valence-corrected chi connectivity index (χ0v) is 14.3. The van der Waals surface area contributed by atoms with Gasteiger partial charge in [0, 0.05) is 20.8 Å². The molecule has 2 rings (SSSR count). The van der Waals surface area contributed by atoms with Crippen LogP contribution in [-0.2, 0) is 6.42 Å². The summed E-state index contributed by atoms with van der Waals surface area (Å²) in [7, 11) is 0. The van der Waals surface area contributed by atoms with Gasteiger partial charge in [0.15, 0.2) is 0 Å². The van der Waals surface area contributed by atoms with Gasteiger partial charge in [0.05, 0.1) is 5.02 Å². The highest BCUT2D eigenvalue weighted by Gasteiger charge is 2.14. The molecule has 0 saturated heterocycles. The van der Waals surface area contributed by atoms with E-state index in [2.05, 4.69) is 68.6 Å². The molecule has 94 valence electrons. The average molecular weight is 437 g/mol. The van der Waals surface area contributed by atoms with Crippen molar-refractivity contribution in [3.05, 3.63) is 61.9 Å². The molecule has 1 aromatic carbocycles. The number of aromatic nitrogens is 1. The number of aryl methyl sites for hydroxylation is 1. The van der Waals surface area contributed by atoms with Crippen LogP contribution in [-0.4, -0.2) is 4.98 Å². The van der Waals surface area contributed by atoms with Gasteiger partial charge in [0.1, 0.15) is 0 Å². The van der Waals surface area contributed by atoms with Crippen LogP contribution >= 0.6 is 50.1 Å². The summed E-state index contributed by atoms with van der Waals surface area (Å²) in [6.45, 7) is 2.13. The Morgan fingerprint density at radius 3 is 2.89 bits per heavy atom. The fourth-order valence-corrected chi connectivity index (χ4v) is 3.87. The molecular weight excluding hydrogens is 424 g/mol. The fraction of sp³-hybridized carbons (Fsp3) is 0.214. The molecule has 0 aliphatic rings. The minimum Gasteiger partial charge on any atom is -0.263 e. The van der Waals surface area contributed by atoms with Gasteiger partial charge in [-0.1, -0.05) is 45.7 Å². The van der Waals surface area contributed by atoms with Crippen LogP contribution in [0.25, 0.3) is 0 Å². The van der Waals surface area contributed by atoms with Crippen molar-refractivity contribution in [3.8, 4) is 0 Å². The Bertz CT molecular complexity index is 559. The molecule has 0 saturated carbocycles. The van der Waals surface area contributed by atoms with E-state index in [1.165, 1.54) is 14.7 Å². The Balaban J connectivity index is 2.25. The van der Waals surface area contributed by atoms with Crippen molar-refractivity contribution < 1.29 is 0 Å². The van der Waals surface area contributed by atoms with Crippen molar-refractivity contribution in [1.29, 1.82) is 0 Å². The van der Waals surface area contributed by atoms with Gasteiger partial charge in [-0.2, -0.15) is 0 Å². The molecule has 0 N–H and O–H groups in total. The number of benzene rings is 1. The van der Waals surface area contributed by atoms with Gasteiger partial charge in [0.25, 0.3) is 0 Å². The summed E-state index contributed by atoms with van der Waals surface area (Å²) in [5, 5.41) is 0.726. The topological polar surface area (TPSA) is 12.9 Å². The van der Waals surface area contributed by atoms with Gasteiger partial charge < -0.3 is 0 Å². The minimum absolute atomic E-state index is 0.268. The first-order valence-electron chi connectivity index (χ1n) is 5.57. The van der Waals surface area contributed by atoms with Gasteiger partial charge in [-0.15, -0.1) is 0 Å². The van der Waals surface area contributed by atoms with E-state index in [0.29, 0.717) is 0 Å². The van der Waals surface area contributed by atoms with E-state index in [-0.39, 0.29) is 4.83 Å². The van der Waals surface area contributed by atoms with Crippen molar-refractivity contribution >= 4 is 50.1 Å². The molecule has 0 aliphatic heterocycles. The Morgan fingerprint density at radius 2 is 2.17 bits per heavy atom. The SMILES string of the molecule is Cc1cccc(C(Br)Cc2ccncc2Cl)c1I. The van der Waals surface area contributed by atoms with E-state index in [1.54, 1.807) is 12.4 Å². The first-order valence-corrected chi connectivity index (χ1v) is 7.94. The van der Waals surface area contributed by atoms with Gasteiger partial charge in [-0.3, -0.25) is 4.98 Å². The summed E-state index contributed by atoms with van der Waals surface area (Å²) < 4.78 is 1.31. The monoisotopic (exact) mass is 435 g/mol. The Labute approximate surface area is 134 Å². The highest BCUT2D eigenvalue weighted by molar-refractivity contribution is 14.1. The Kier molecular flexibility index (Phi) is 5.04. The molecule has 1 heterocycles. The van der Waals surface area contributed by atoms with Crippen molar-refractivity contribution in [2.45, 2.75) is 18.2 Å². The highest BCUT2D eigenvalue weighted by atomic mass is 127. The normalized spacial score (nSPS) is 12.4. The molecular formula is C14H12BrClIN. The summed E-state index contributed by atoms with van der Waals surface area (Å²) in [6, 6.07) is 8.35. The minimum atomic E-state index is 0.268. The van der Waals surface area contributed by atoms with Crippen LogP contribution in [0.2, 0.25) is 5.02 Å². The third-order valence-electron chi connectivity index (χ3n) is 2.81. The second-order valence-electron chi connectivity index (χ2n) is 4.12. The fourth-order valence-electron chi connectivity index (χ4n) is 1.78. The lowest BCUT2D eigenvalue weighted by molar-refractivity contribution is 0.936. The molecule has 0 amide bonds. The summed E-state index contributed by atoms with van der Waals surface area (Å²) in [5.74, 6) is 0. The first kappa shape index (κ1) is 14.3. The highest BCUT2D eigenvalue weighted by Crippen LogP contribution is 2.33. The van der Waals surface area contributed by atoms with E-state index in [4.69, 9.17) is 11.6 Å². The zero-order valence-electron chi connectivity index (χ0n) is 9.83. The lowest BCUT2D eigenvalue weighted by Crippen LogP contribution is -2.00. The summed E-state index contributed by atoms with van der Waals surface area (Å²) in [5.41, 5.74) is 3.73. The quantitative estimate of drug-likeness (QED) is 0.468. The maximum atomic E-state index is 6.14. The molecule has 0 aliphatic carbocycles. The molecule has 0 spiro atoms. The molecule has 2 aromatic rings. The molecule has 1 nitrogen and oxygen atoms in total. The number of pyridine rings is 1. The van der Waals surface area contributed by atoms with E-state index in [1.807, 2.05) is 6.07 Å². The molecule has 1 atom stereocenters. The molecule has 1 unspecified atom stereocenters. The predicted octanol–water partition coefficient (Wildman–Crippen LogP) is 5.33. The molecule has 0 fully saturated rings. The van der Waals surface area contributed by atoms with Crippen LogP contribution in [0.3, 0.4) is 0 Å². The van der Waals surface area contributed by atoms with Crippen molar-refractivity contribution in [3.63, 3.8) is 0 Å². The molecule has 18 heavy (non-hydrogen) atoms. The summed E-state index contributed by atoms with van der Waals surface area (Å²) in [4.78, 5) is 4.28. The number of hydrogen-bond acceptors (Lipinski definition) is 1. The molecule has 0 bridgehead atoms. The molecule has 0 radical (unpaired) electrons. The van der Waals surface area contributed by atoms with Crippen LogP contribution in [0.4, 0.5) is 0 Å². The summed E-state index contributed by atoms with van der Waals surface area (Å²) in [6.07, 6.45) is 4.33. The van der Waals surface area contributed by atoms with E-state index >= 15 is 0 Å². The van der Waals surface area contributed by atoms with Crippen LogP contribution in [0.5, 0.6) is 0 Å². The van der Waals surface area contributed by atoms with Crippen LogP contribution in [0.15, 0.2) is 36.7 Å². The van der Waals surface area contributed by atoms with Crippen molar-refractivity contribution in [2.75, 3.05) is 0 Å². The number of halogens is 3.